The molecule has 1 saturated carbocycles. The lowest BCUT2D eigenvalue weighted by atomic mass is 10.0. The average molecular weight is 198 g/mol. The number of likely N-dealkylation sites (N-methyl/N-ethyl adjacent to an activating group) is 1. The van der Waals surface area contributed by atoms with Crippen LogP contribution in [0.2, 0.25) is 0 Å². The predicted molar refractivity (Wildman–Crippen MR) is 62.5 cm³/mol. The molecule has 0 aromatic carbocycles. The molecule has 84 valence electrons. The minimum absolute atomic E-state index is 0.639. The zero-order valence-corrected chi connectivity index (χ0v) is 10.4. The summed E-state index contributed by atoms with van der Waals surface area (Å²) in [7, 11) is 4.30. The van der Waals surface area contributed by atoms with Gasteiger partial charge in [-0.15, -0.1) is 0 Å². The van der Waals surface area contributed by atoms with Crippen LogP contribution in [0.3, 0.4) is 0 Å². The Bertz CT molecular complexity index is 162. The highest BCUT2D eigenvalue weighted by molar-refractivity contribution is 4.86. The Balaban J connectivity index is 2.33. The maximum atomic E-state index is 3.77. The van der Waals surface area contributed by atoms with E-state index in [1.54, 1.807) is 0 Å². The quantitative estimate of drug-likeness (QED) is 0.702. The summed E-state index contributed by atoms with van der Waals surface area (Å²) in [5, 5.41) is 3.77. The van der Waals surface area contributed by atoms with Gasteiger partial charge in [-0.05, 0) is 45.7 Å². The Hall–Kier alpha value is -0.0800. The van der Waals surface area contributed by atoms with Crippen molar-refractivity contribution < 1.29 is 0 Å². The molecule has 1 N–H and O–H groups in total. The zero-order valence-electron chi connectivity index (χ0n) is 10.4. The van der Waals surface area contributed by atoms with Crippen LogP contribution in [0.4, 0.5) is 0 Å². The summed E-state index contributed by atoms with van der Waals surface area (Å²) >= 11 is 0. The molecule has 0 spiro atoms. The van der Waals surface area contributed by atoms with Gasteiger partial charge in [-0.2, -0.15) is 0 Å². The molecular formula is C12H26N2. The van der Waals surface area contributed by atoms with Gasteiger partial charge >= 0.3 is 0 Å². The SMILES string of the molecule is CC(C)C(CN(C)C)NC(C)C1CC1. The summed E-state index contributed by atoms with van der Waals surface area (Å²) in [4.78, 5) is 2.28. The van der Waals surface area contributed by atoms with Gasteiger partial charge in [0, 0.05) is 18.6 Å². The van der Waals surface area contributed by atoms with Crippen molar-refractivity contribution >= 4 is 0 Å². The van der Waals surface area contributed by atoms with Crippen molar-refractivity contribution in [2.45, 2.75) is 45.7 Å². The van der Waals surface area contributed by atoms with Gasteiger partial charge in [-0.1, -0.05) is 13.8 Å². The van der Waals surface area contributed by atoms with Crippen LogP contribution in [0.25, 0.3) is 0 Å². The third-order valence-corrected chi connectivity index (χ3v) is 3.17. The van der Waals surface area contributed by atoms with Gasteiger partial charge in [0.05, 0.1) is 0 Å². The fourth-order valence-electron chi connectivity index (χ4n) is 1.92. The van der Waals surface area contributed by atoms with E-state index in [2.05, 4.69) is 45.1 Å². The van der Waals surface area contributed by atoms with Crippen molar-refractivity contribution in [3.8, 4) is 0 Å². The van der Waals surface area contributed by atoms with Crippen LogP contribution in [0, 0.1) is 11.8 Å². The molecule has 0 aromatic rings. The first kappa shape index (κ1) is 12.0. The topological polar surface area (TPSA) is 15.3 Å². The van der Waals surface area contributed by atoms with Crippen molar-refractivity contribution in [3.05, 3.63) is 0 Å². The maximum Gasteiger partial charge on any atom is 0.0220 e. The molecule has 0 radical (unpaired) electrons. The number of rotatable bonds is 6. The van der Waals surface area contributed by atoms with E-state index >= 15 is 0 Å². The summed E-state index contributed by atoms with van der Waals surface area (Å²) < 4.78 is 0. The number of hydrogen-bond acceptors (Lipinski definition) is 2. The molecule has 2 atom stereocenters. The second kappa shape index (κ2) is 5.13. The predicted octanol–water partition coefficient (Wildman–Crippen LogP) is 1.96. The molecule has 14 heavy (non-hydrogen) atoms. The lowest BCUT2D eigenvalue weighted by Crippen LogP contribution is -2.46. The van der Waals surface area contributed by atoms with E-state index in [0.29, 0.717) is 12.1 Å². The Labute approximate surface area is 89.1 Å². The van der Waals surface area contributed by atoms with Crippen LogP contribution < -0.4 is 5.32 Å². The fourth-order valence-corrected chi connectivity index (χ4v) is 1.92. The van der Waals surface area contributed by atoms with E-state index in [-0.39, 0.29) is 0 Å². The summed E-state index contributed by atoms with van der Waals surface area (Å²) in [6.45, 7) is 8.10. The first-order chi connectivity index (χ1) is 6.50. The molecular weight excluding hydrogens is 172 g/mol. The average Bonchev–Trinajstić information content (AvgIpc) is 2.83. The molecule has 0 aromatic heterocycles. The van der Waals surface area contributed by atoms with Crippen LogP contribution in [0.15, 0.2) is 0 Å². The van der Waals surface area contributed by atoms with Crippen LogP contribution in [-0.2, 0) is 0 Å². The molecule has 0 saturated heterocycles. The molecule has 1 fully saturated rings. The highest BCUT2D eigenvalue weighted by atomic mass is 15.1. The molecule has 0 heterocycles. The normalized spacial score (nSPS) is 21.6. The van der Waals surface area contributed by atoms with Crippen molar-refractivity contribution in [2.75, 3.05) is 20.6 Å². The lowest BCUT2D eigenvalue weighted by Gasteiger charge is -2.29. The molecule has 2 unspecified atom stereocenters. The Morgan fingerprint density at radius 1 is 1.21 bits per heavy atom. The summed E-state index contributed by atoms with van der Waals surface area (Å²) in [6.07, 6.45) is 2.86. The number of nitrogens with zero attached hydrogens (tertiary/aromatic N) is 1. The Morgan fingerprint density at radius 2 is 1.79 bits per heavy atom. The summed E-state index contributed by atoms with van der Waals surface area (Å²) in [5.41, 5.74) is 0. The summed E-state index contributed by atoms with van der Waals surface area (Å²) in [5.74, 6) is 1.68. The second-order valence-electron chi connectivity index (χ2n) is 5.41. The Morgan fingerprint density at radius 3 is 2.14 bits per heavy atom. The monoisotopic (exact) mass is 198 g/mol. The molecule has 0 amide bonds. The fraction of sp³-hybridized carbons (Fsp3) is 1.00. The van der Waals surface area contributed by atoms with E-state index in [4.69, 9.17) is 0 Å². The first-order valence-electron chi connectivity index (χ1n) is 5.91. The van der Waals surface area contributed by atoms with Crippen LogP contribution in [-0.4, -0.2) is 37.6 Å². The van der Waals surface area contributed by atoms with Gasteiger partial charge in [-0.25, -0.2) is 0 Å². The van der Waals surface area contributed by atoms with Crippen LogP contribution in [0.1, 0.15) is 33.6 Å². The van der Waals surface area contributed by atoms with Crippen LogP contribution in [0.5, 0.6) is 0 Å². The number of nitrogens with one attached hydrogen (secondary N) is 1. The highest BCUT2D eigenvalue weighted by Gasteiger charge is 2.29. The van der Waals surface area contributed by atoms with Gasteiger partial charge in [0.25, 0.3) is 0 Å². The first-order valence-corrected chi connectivity index (χ1v) is 5.91. The Kier molecular flexibility index (Phi) is 4.39. The largest absolute Gasteiger partial charge is 0.310 e. The van der Waals surface area contributed by atoms with E-state index in [0.717, 1.165) is 18.4 Å². The smallest absolute Gasteiger partial charge is 0.0220 e. The third kappa shape index (κ3) is 3.97. The van der Waals surface area contributed by atoms with E-state index in [1.165, 1.54) is 12.8 Å². The minimum atomic E-state index is 0.639. The van der Waals surface area contributed by atoms with E-state index in [1.807, 2.05) is 0 Å². The van der Waals surface area contributed by atoms with Gasteiger partial charge < -0.3 is 10.2 Å². The van der Waals surface area contributed by atoms with Gasteiger partial charge in [0.1, 0.15) is 0 Å². The lowest BCUT2D eigenvalue weighted by molar-refractivity contribution is 0.265. The zero-order chi connectivity index (χ0) is 10.7. The van der Waals surface area contributed by atoms with Gasteiger partial charge in [-0.3, -0.25) is 0 Å². The molecule has 0 bridgehead atoms. The van der Waals surface area contributed by atoms with Crippen molar-refractivity contribution in [1.82, 2.24) is 10.2 Å². The van der Waals surface area contributed by atoms with Crippen molar-refractivity contribution in [2.24, 2.45) is 11.8 Å². The highest BCUT2D eigenvalue weighted by Crippen LogP contribution is 2.32. The van der Waals surface area contributed by atoms with E-state index in [9.17, 15) is 0 Å². The van der Waals surface area contributed by atoms with Gasteiger partial charge in [0.15, 0.2) is 0 Å². The number of hydrogen-bond donors (Lipinski definition) is 1. The standard InChI is InChI=1S/C12H26N2/c1-9(2)12(8-14(4)5)13-10(3)11-6-7-11/h9-13H,6-8H2,1-5H3. The van der Waals surface area contributed by atoms with Crippen molar-refractivity contribution in [1.29, 1.82) is 0 Å². The van der Waals surface area contributed by atoms with E-state index < -0.39 is 0 Å². The molecule has 1 aliphatic carbocycles. The molecule has 0 aliphatic heterocycles. The molecule has 2 heteroatoms. The summed E-state index contributed by atoms with van der Waals surface area (Å²) in [6, 6.07) is 1.35. The molecule has 1 aliphatic rings. The molecule has 2 nitrogen and oxygen atoms in total. The second-order valence-corrected chi connectivity index (χ2v) is 5.41. The molecule has 1 rings (SSSR count). The third-order valence-electron chi connectivity index (χ3n) is 3.17. The van der Waals surface area contributed by atoms with Crippen LogP contribution >= 0.6 is 0 Å². The maximum absolute atomic E-state index is 3.77. The van der Waals surface area contributed by atoms with Gasteiger partial charge in [0.2, 0.25) is 0 Å². The minimum Gasteiger partial charge on any atom is -0.310 e. The van der Waals surface area contributed by atoms with Crippen molar-refractivity contribution in [3.63, 3.8) is 0 Å².